The van der Waals surface area contributed by atoms with Gasteiger partial charge in [-0.3, -0.25) is 0 Å². The van der Waals surface area contributed by atoms with E-state index in [1.54, 1.807) is 29.7 Å². The van der Waals surface area contributed by atoms with Gasteiger partial charge in [-0.25, -0.2) is 4.98 Å². The highest BCUT2D eigenvalue weighted by molar-refractivity contribution is 7.21. The Bertz CT molecular complexity index is 598. The van der Waals surface area contributed by atoms with E-state index in [9.17, 15) is 5.11 Å². The van der Waals surface area contributed by atoms with Crippen molar-refractivity contribution in [1.29, 1.82) is 0 Å². The number of furan rings is 1. The molecule has 1 aromatic carbocycles. The van der Waals surface area contributed by atoms with Gasteiger partial charge in [-0.15, -0.1) is 11.3 Å². The van der Waals surface area contributed by atoms with Crippen molar-refractivity contribution in [2.24, 2.45) is 0 Å². The molecule has 4 heteroatoms. The summed E-state index contributed by atoms with van der Waals surface area (Å²) in [5.74, 6) is 0.995. The van der Waals surface area contributed by atoms with Crippen LogP contribution in [0.4, 0.5) is 0 Å². The number of hydrogen-bond donors (Lipinski definition) is 1. The third kappa shape index (κ3) is 1.39. The fourth-order valence-corrected chi connectivity index (χ4v) is 2.34. The SMILES string of the molecule is Oc1ccc2sc(-c3ccco3)nc2c1. The second-order valence-corrected chi connectivity index (χ2v) is 4.18. The number of aromatic hydroxyl groups is 1. The molecule has 2 heterocycles. The third-order valence-electron chi connectivity index (χ3n) is 2.10. The van der Waals surface area contributed by atoms with Gasteiger partial charge in [0.25, 0.3) is 0 Å². The predicted octanol–water partition coefficient (Wildman–Crippen LogP) is 3.26. The Kier molecular flexibility index (Phi) is 1.76. The van der Waals surface area contributed by atoms with Crippen LogP contribution in [0.1, 0.15) is 0 Å². The van der Waals surface area contributed by atoms with Crippen molar-refractivity contribution in [2.75, 3.05) is 0 Å². The van der Waals surface area contributed by atoms with Crippen molar-refractivity contribution < 1.29 is 9.52 Å². The van der Waals surface area contributed by atoms with Gasteiger partial charge in [0.2, 0.25) is 0 Å². The Morgan fingerprint density at radius 3 is 3.00 bits per heavy atom. The summed E-state index contributed by atoms with van der Waals surface area (Å²) in [5.41, 5.74) is 0.798. The zero-order chi connectivity index (χ0) is 10.3. The summed E-state index contributed by atoms with van der Waals surface area (Å²) in [6.45, 7) is 0. The van der Waals surface area contributed by atoms with E-state index in [4.69, 9.17) is 4.42 Å². The molecule has 0 amide bonds. The van der Waals surface area contributed by atoms with Gasteiger partial charge in [0.1, 0.15) is 5.75 Å². The van der Waals surface area contributed by atoms with Gasteiger partial charge in [0.05, 0.1) is 16.5 Å². The smallest absolute Gasteiger partial charge is 0.162 e. The first kappa shape index (κ1) is 8.49. The summed E-state index contributed by atoms with van der Waals surface area (Å²) in [6.07, 6.45) is 1.62. The lowest BCUT2D eigenvalue weighted by molar-refractivity contribution is 0.476. The minimum atomic E-state index is 0.235. The topological polar surface area (TPSA) is 46.3 Å². The molecule has 2 aromatic heterocycles. The van der Waals surface area contributed by atoms with Crippen molar-refractivity contribution >= 4 is 21.6 Å². The van der Waals surface area contributed by atoms with Crippen LogP contribution in [0.2, 0.25) is 0 Å². The van der Waals surface area contributed by atoms with Crippen LogP contribution in [-0.2, 0) is 0 Å². The fraction of sp³-hybridized carbons (Fsp3) is 0. The lowest BCUT2D eigenvalue weighted by Gasteiger charge is -1.88. The molecule has 3 rings (SSSR count). The minimum absolute atomic E-state index is 0.235. The van der Waals surface area contributed by atoms with Crippen molar-refractivity contribution in [1.82, 2.24) is 4.98 Å². The molecular formula is C11H7NO2S. The van der Waals surface area contributed by atoms with Crippen LogP contribution in [0.5, 0.6) is 5.75 Å². The largest absolute Gasteiger partial charge is 0.508 e. The van der Waals surface area contributed by atoms with E-state index < -0.39 is 0 Å². The summed E-state index contributed by atoms with van der Waals surface area (Å²) in [6, 6.07) is 8.87. The predicted molar refractivity (Wildman–Crippen MR) is 59.0 cm³/mol. The Morgan fingerprint density at radius 1 is 1.27 bits per heavy atom. The standard InChI is InChI=1S/C11H7NO2S/c13-7-3-4-10-8(6-7)12-11(15-10)9-2-1-5-14-9/h1-6,13H. The van der Waals surface area contributed by atoms with Crippen LogP contribution in [0.3, 0.4) is 0 Å². The number of benzene rings is 1. The Morgan fingerprint density at radius 2 is 2.20 bits per heavy atom. The van der Waals surface area contributed by atoms with E-state index >= 15 is 0 Å². The minimum Gasteiger partial charge on any atom is -0.508 e. The van der Waals surface area contributed by atoms with E-state index in [-0.39, 0.29) is 5.75 Å². The third-order valence-corrected chi connectivity index (χ3v) is 3.15. The highest BCUT2D eigenvalue weighted by atomic mass is 32.1. The normalized spacial score (nSPS) is 10.9. The number of hydrogen-bond acceptors (Lipinski definition) is 4. The molecule has 3 aromatic rings. The molecule has 0 aliphatic rings. The number of nitrogens with zero attached hydrogens (tertiary/aromatic N) is 1. The second-order valence-electron chi connectivity index (χ2n) is 3.15. The lowest BCUT2D eigenvalue weighted by Crippen LogP contribution is -1.70. The average molecular weight is 217 g/mol. The van der Waals surface area contributed by atoms with E-state index in [0.29, 0.717) is 0 Å². The molecule has 3 nitrogen and oxygen atoms in total. The Balaban J connectivity index is 2.22. The van der Waals surface area contributed by atoms with Crippen molar-refractivity contribution in [3.63, 3.8) is 0 Å². The zero-order valence-corrected chi connectivity index (χ0v) is 8.49. The first-order valence-electron chi connectivity index (χ1n) is 4.46. The number of phenols is 1. The highest BCUT2D eigenvalue weighted by Gasteiger charge is 2.08. The average Bonchev–Trinajstić information content (AvgIpc) is 2.84. The van der Waals surface area contributed by atoms with Crippen LogP contribution < -0.4 is 0 Å². The molecule has 15 heavy (non-hydrogen) atoms. The van der Waals surface area contributed by atoms with E-state index in [1.807, 2.05) is 18.2 Å². The maximum atomic E-state index is 9.31. The Hall–Kier alpha value is -1.81. The fourth-order valence-electron chi connectivity index (χ4n) is 1.42. The summed E-state index contributed by atoms with van der Waals surface area (Å²) in [4.78, 5) is 4.38. The van der Waals surface area contributed by atoms with Crippen LogP contribution in [0, 0.1) is 0 Å². The van der Waals surface area contributed by atoms with Gasteiger partial charge in [-0.05, 0) is 24.3 Å². The maximum absolute atomic E-state index is 9.31. The van der Waals surface area contributed by atoms with Gasteiger partial charge in [-0.2, -0.15) is 0 Å². The second kappa shape index (κ2) is 3.10. The summed E-state index contributed by atoms with van der Waals surface area (Å²) in [7, 11) is 0. The van der Waals surface area contributed by atoms with E-state index in [2.05, 4.69) is 4.98 Å². The molecule has 0 radical (unpaired) electrons. The molecule has 0 saturated carbocycles. The monoisotopic (exact) mass is 217 g/mol. The van der Waals surface area contributed by atoms with Crippen molar-refractivity contribution in [3.8, 4) is 16.5 Å². The number of fused-ring (bicyclic) bond motifs is 1. The molecule has 0 spiro atoms. The van der Waals surface area contributed by atoms with Gasteiger partial charge < -0.3 is 9.52 Å². The maximum Gasteiger partial charge on any atom is 0.162 e. The van der Waals surface area contributed by atoms with Crippen LogP contribution in [-0.4, -0.2) is 10.1 Å². The molecule has 0 atom stereocenters. The number of thiazole rings is 1. The highest BCUT2D eigenvalue weighted by Crippen LogP contribution is 2.31. The summed E-state index contributed by atoms with van der Waals surface area (Å²) < 4.78 is 6.31. The molecule has 0 bridgehead atoms. The van der Waals surface area contributed by atoms with Crippen LogP contribution >= 0.6 is 11.3 Å². The molecule has 0 saturated heterocycles. The van der Waals surface area contributed by atoms with Crippen LogP contribution in [0.15, 0.2) is 41.0 Å². The number of phenolic OH excluding ortho intramolecular Hbond substituents is 1. The first-order chi connectivity index (χ1) is 7.33. The van der Waals surface area contributed by atoms with Crippen LogP contribution in [0.25, 0.3) is 21.0 Å². The molecule has 0 aliphatic carbocycles. The van der Waals surface area contributed by atoms with Crippen molar-refractivity contribution in [3.05, 3.63) is 36.6 Å². The van der Waals surface area contributed by atoms with Gasteiger partial charge in [0, 0.05) is 6.07 Å². The van der Waals surface area contributed by atoms with Crippen molar-refractivity contribution in [2.45, 2.75) is 0 Å². The molecule has 0 unspecified atom stereocenters. The number of rotatable bonds is 1. The quantitative estimate of drug-likeness (QED) is 0.680. The molecule has 1 N–H and O–H groups in total. The zero-order valence-electron chi connectivity index (χ0n) is 7.68. The molecule has 0 fully saturated rings. The first-order valence-corrected chi connectivity index (χ1v) is 5.28. The van der Waals surface area contributed by atoms with E-state index in [1.165, 1.54) is 0 Å². The molecule has 0 aliphatic heterocycles. The summed E-state index contributed by atoms with van der Waals surface area (Å²) >= 11 is 1.55. The molecule has 74 valence electrons. The van der Waals surface area contributed by atoms with E-state index in [0.717, 1.165) is 21.0 Å². The lowest BCUT2D eigenvalue weighted by atomic mass is 10.3. The van der Waals surface area contributed by atoms with Gasteiger partial charge in [0.15, 0.2) is 10.8 Å². The summed E-state index contributed by atoms with van der Waals surface area (Å²) in [5, 5.41) is 10.1. The number of aromatic nitrogens is 1. The Labute approximate surface area is 89.6 Å². The van der Waals surface area contributed by atoms with Gasteiger partial charge in [-0.1, -0.05) is 0 Å². The van der Waals surface area contributed by atoms with Gasteiger partial charge >= 0.3 is 0 Å². The molecular weight excluding hydrogens is 210 g/mol.